The zero-order chi connectivity index (χ0) is 17.7. The second-order valence-electron chi connectivity index (χ2n) is 6.30. The van der Waals surface area contributed by atoms with Gasteiger partial charge in [-0.15, -0.1) is 0 Å². The Labute approximate surface area is 166 Å². The van der Waals surface area contributed by atoms with Gasteiger partial charge in [-0.25, -0.2) is 4.79 Å². The van der Waals surface area contributed by atoms with Crippen LogP contribution in [0, 0.1) is 0 Å². The second-order valence-corrected chi connectivity index (χ2v) is 6.71. The molecule has 138 valence electrons. The fourth-order valence-electron chi connectivity index (χ4n) is 3.64. The number of likely N-dealkylation sites (N-methyl/N-ethyl adjacent to an activating group) is 1. The van der Waals surface area contributed by atoms with Gasteiger partial charge < -0.3 is 10.1 Å². The van der Waals surface area contributed by atoms with E-state index in [1.165, 1.54) is 0 Å². The van der Waals surface area contributed by atoms with Crippen molar-refractivity contribution in [3.8, 4) is 0 Å². The summed E-state index contributed by atoms with van der Waals surface area (Å²) in [6.07, 6.45) is 6.95. The van der Waals surface area contributed by atoms with Crippen molar-refractivity contribution in [3.63, 3.8) is 0 Å². The average molecular weight is 389 g/mol. The molecule has 1 aromatic heterocycles. The first-order valence-electron chi connectivity index (χ1n) is 8.57. The Bertz CT molecular complexity index is 740. The van der Waals surface area contributed by atoms with Gasteiger partial charge in [0.15, 0.2) is 0 Å². The van der Waals surface area contributed by atoms with Crippen LogP contribution >= 0.6 is 25.7 Å². The maximum atomic E-state index is 12.6. The number of carbonyl (C=O) groups is 1. The molecule has 1 saturated carbocycles. The highest BCUT2D eigenvalue weighted by molar-refractivity contribution is 7.80. The van der Waals surface area contributed by atoms with Gasteiger partial charge in [0.05, 0.1) is 16.0 Å². The molecule has 3 rings (SSSR count). The predicted molar refractivity (Wildman–Crippen MR) is 112 cm³/mol. The maximum absolute atomic E-state index is 12.6. The summed E-state index contributed by atoms with van der Waals surface area (Å²) >= 11 is 5.69. The minimum atomic E-state index is -0.527. The van der Waals surface area contributed by atoms with Gasteiger partial charge in [-0.05, 0) is 43.0 Å². The summed E-state index contributed by atoms with van der Waals surface area (Å²) in [6.45, 7) is 0. The predicted octanol–water partition coefficient (Wildman–Crippen LogP) is 3.78. The molecule has 0 saturated heterocycles. The van der Waals surface area contributed by atoms with Crippen LogP contribution in [0.1, 0.15) is 41.6 Å². The van der Waals surface area contributed by atoms with Gasteiger partial charge in [0.1, 0.15) is 6.10 Å². The Morgan fingerprint density at radius 2 is 2.00 bits per heavy atom. The van der Waals surface area contributed by atoms with Gasteiger partial charge in [-0.1, -0.05) is 42.9 Å². The Morgan fingerprint density at radius 3 is 2.65 bits per heavy atom. The number of pyridine rings is 1. The molecule has 0 spiro atoms. The summed E-state index contributed by atoms with van der Waals surface area (Å²) in [6, 6.07) is 13.0. The fraction of sp³-hybridized carbons (Fsp3) is 0.350. The van der Waals surface area contributed by atoms with Crippen LogP contribution in [0.5, 0.6) is 0 Å². The molecule has 1 fully saturated rings. The minimum Gasteiger partial charge on any atom is -0.457 e. The van der Waals surface area contributed by atoms with Crippen molar-refractivity contribution in [1.82, 2.24) is 10.3 Å². The first-order valence-corrected chi connectivity index (χ1v) is 8.98. The van der Waals surface area contributed by atoms with Crippen molar-refractivity contribution >= 4 is 36.7 Å². The molecular weight excluding hydrogens is 364 g/mol. The molecule has 1 heterocycles. The van der Waals surface area contributed by atoms with Crippen LogP contribution in [0.2, 0.25) is 0 Å². The minimum absolute atomic E-state index is 0. The Hall–Kier alpha value is -1.92. The number of nitrogens with zero attached hydrogens (tertiary/aromatic N) is 1. The molecule has 4 nitrogen and oxygen atoms in total. The van der Waals surface area contributed by atoms with Crippen molar-refractivity contribution < 1.29 is 9.53 Å². The van der Waals surface area contributed by atoms with Crippen LogP contribution in [0.3, 0.4) is 0 Å². The lowest BCUT2D eigenvalue weighted by Crippen LogP contribution is -2.53. The number of hydrogen-bond donors (Lipinski definition) is 1. The average Bonchev–Trinajstić information content (AvgIpc) is 2.69. The standard InChI is InChI=1S/C20H22N2O2S.H2S/c1-21-19(25)20(16-10-7-13-22-14-16)12-6-5-11-17(20)24-18(23)15-8-3-2-4-9-15;/h2-4,7-10,13-14,17H,5-6,11-12H2,1H3,(H,21,25);1H2/t17-,20+;/m1./s1. The van der Waals surface area contributed by atoms with Gasteiger partial charge >= 0.3 is 5.97 Å². The summed E-state index contributed by atoms with van der Waals surface area (Å²) in [5.74, 6) is -0.306. The Balaban J connectivity index is 0.00000243. The van der Waals surface area contributed by atoms with Crippen molar-refractivity contribution in [2.24, 2.45) is 0 Å². The lowest BCUT2D eigenvalue weighted by molar-refractivity contribution is 0.00430. The molecule has 0 aliphatic heterocycles. The normalized spacial score (nSPS) is 22.0. The van der Waals surface area contributed by atoms with Crippen molar-refractivity contribution in [2.45, 2.75) is 37.2 Å². The molecule has 2 atom stereocenters. The van der Waals surface area contributed by atoms with Crippen molar-refractivity contribution in [1.29, 1.82) is 0 Å². The summed E-state index contributed by atoms with van der Waals surface area (Å²) in [4.78, 5) is 17.6. The third-order valence-electron chi connectivity index (χ3n) is 4.90. The first-order chi connectivity index (χ1) is 12.2. The van der Waals surface area contributed by atoms with E-state index in [2.05, 4.69) is 10.3 Å². The highest BCUT2D eigenvalue weighted by Crippen LogP contribution is 2.42. The van der Waals surface area contributed by atoms with E-state index >= 15 is 0 Å². The molecule has 6 heteroatoms. The monoisotopic (exact) mass is 388 g/mol. The zero-order valence-electron chi connectivity index (χ0n) is 14.8. The van der Waals surface area contributed by atoms with Gasteiger partial charge in [0.2, 0.25) is 0 Å². The highest BCUT2D eigenvalue weighted by atomic mass is 32.1. The highest BCUT2D eigenvalue weighted by Gasteiger charge is 2.48. The Morgan fingerprint density at radius 1 is 1.23 bits per heavy atom. The number of ether oxygens (including phenoxy) is 1. The fourth-order valence-corrected chi connectivity index (χ4v) is 3.99. The molecule has 0 radical (unpaired) electrons. The topological polar surface area (TPSA) is 51.2 Å². The number of carbonyl (C=O) groups excluding carboxylic acids is 1. The van der Waals surface area contributed by atoms with Crippen molar-refractivity contribution in [3.05, 3.63) is 66.0 Å². The Kier molecular flexibility index (Phi) is 7.17. The van der Waals surface area contributed by atoms with E-state index in [9.17, 15) is 4.79 Å². The summed E-state index contributed by atoms with van der Waals surface area (Å²) in [5.41, 5.74) is 1.03. The third-order valence-corrected chi connectivity index (χ3v) is 5.47. The molecule has 0 bridgehead atoms. The summed E-state index contributed by atoms with van der Waals surface area (Å²) in [5, 5.41) is 3.13. The second kappa shape index (κ2) is 9.14. The smallest absolute Gasteiger partial charge is 0.338 e. The lowest BCUT2D eigenvalue weighted by atomic mass is 9.67. The van der Waals surface area contributed by atoms with E-state index in [0.29, 0.717) is 10.6 Å². The van der Waals surface area contributed by atoms with E-state index in [4.69, 9.17) is 17.0 Å². The molecular formula is C20H24N2O2S2. The maximum Gasteiger partial charge on any atom is 0.338 e. The number of hydrogen-bond acceptors (Lipinski definition) is 4. The van der Waals surface area contributed by atoms with E-state index in [1.54, 1.807) is 18.3 Å². The van der Waals surface area contributed by atoms with Crippen LogP contribution in [0.4, 0.5) is 0 Å². The quantitative estimate of drug-likeness (QED) is 0.638. The van der Waals surface area contributed by atoms with Crippen LogP contribution in [0.25, 0.3) is 0 Å². The number of nitrogens with one attached hydrogen (secondary N) is 1. The molecule has 0 amide bonds. The lowest BCUT2D eigenvalue weighted by Gasteiger charge is -2.43. The van der Waals surface area contributed by atoms with Crippen LogP contribution in [-0.2, 0) is 10.2 Å². The zero-order valence-corrected chi connectivity index (χ0v) is 16.6. The number of rotatable bonds is 4. The number of thiocarbonyl (C=S) groups is 1. The van der Waals surface area contributed by atoms with E-state index in [-0.39, 0.29) is 25.6 Å². The van der Waals surface area contributed by atoms with E-state index in [1.807, 2.05) is 43.6 Å². The van der Waals surface area contributed by atoms with Gasteiger partial charge in [0.25, 0.3) is 0 Å². The molecule has 26 heavy (non-hydrogen) atoms. The molecule has 1 aliphatic carbocycles. The molecule has 1 N–H and O–H groups in total. The number of benzene rings is 1. The van der Waals surface area contributed by atoms with Crippen LogP contribution in [0.15, 0.2) is 54.9 Å². The third kappa shape index (κ3) is 3.91. The number of aromatic nitrogens is 1. The summed E-state index contributed by atoms with van der Waals surface area (Å²) < 4.78 is 5.98. The van der Waals surface area contributed by atoms with E-state index < -0.39 is 5.41 Å². The van der Waals surface area contributed by atoms with Gasteiger partial charge in [-0.2, -0.15) is 13.5 Å². The molecule has 2 aromatic rings. The summed E-state index contributed by atoms with van der Waals surface area (Å²) in [7, 11) is 1.82. The van der Waals surface area contributed by atoms with Gasteiger partial charge in [0, 0.05) is 19.4 Å². The molecule has 1 aliphatic rings. The SMILES string of the molecule is CNC(=S)[C@]1(c2cccnc2)CCCC[C@H]1OC(=O)c1ccccc1.S. The van der Waals surface area contributed by atoms with Crippen LogP contribution in [-0.4, -0.2) is 29.1 Å². The molecule has 1 aromatic carbocycles. The van der Waals surface area contributed by atoms with Crippen molar-refractivity contribution in [2.75, 3.05) is 7.05 Å². The van der Waals surface area contributed by atoms with Gasteiger partial charge in [-0.3, -0.25) is 4.98 Å². The number of esters is 1. The first kappa shape index (κ1) is 20.4. The van der Waals surface area contributed by atoms with Crippen LogP contribution < -0.4 is 5.32 Å². The largest absolute Gasteiger partial charge is 0.457 e. The van der Waals surface area contributed by atoms with E-state index in [0.717, 1.165) is 31.2 Å². The molecule has 0 unspecified atom stereocenters.